The molecule has 76 valence electrons. The number of nitrogens with zero attached hydrogens (tertiary/aromatic N) is 2. The van der Waals surface area contributed by atoms with Gasteiger partial charge in [0.25, 0.3) is 0 Å². The zero-order valence-electron chi connectivity index (χ0n) is 7.71. The topological polar surface area (TPSA) is 58.3 Å². The summed E-state index contributed by atoms with van der Waals surface area (Å²) in [5.74, 6) is 0. The SMILES string of the molecule is OB(O)c1ccc(-n2cccn2)cc1Cl. The van der Waals surface area contributed by atoms with Gasteiger partial charge in [-0.3, -0.25) is 0 Å². The number of aromatic nitrogens is 2. The van der Waals surface area contributed by atoms with Crippen molar-refractivity contribution in [3.8, 4) is 5.69 Å². The first kappa shape index (κ1) is 10.2. The number of halogens is 1. The van der Waals surface area contributed by atoms with E-state index in [0.717, 1.165) is 5.69 Å². The molecule has 0 atom stereocenters. The van der Waals surface area contributed by atoms with Crippen LogP contribution in [0.15, 0.2) is 36.7 Å². The summed E-state index contributed by atoms with van der Waals surface area (Å²) in [5.41, 5.74) is 1.06. The van der Waals surface area contributed by atoms with Crippen molar-refractivity contribution in [2.24, 2.45) is 0 Å². The van der Waals surface area contributed by atoms with Crippen LogP contribution in [0.2, 0.25) is 5.02 Å². The Morgan fingerprint density at radius 2 is 2.13 bits per heavy atom. The summed E-state index contributed by atoms with van der Waals surface area (Å²) in [6.45, 7) is 0. The van der Waals surface area contributed by atoms with Crippen LogP contribution < -0.4 is 5.46 Å². The van der Waals surface area contributed by atoms with Gasteiger partial charge in [0, 0.05) is 22.9 Å². The Hall–Kier alpha value is -1.30. The van der Waals surface area contributed by atoms with Gasteiger partial charge < -0.3 is 10.0 Å². The molecule has 2 aromatic rings. The quantitative estimate of drug-likeness (QED) is 0.714. The molecule has 0 aliphatic heterocycles. The van der Waals surface area contributed by atoms with Crippen molar-refractivity contribution in [3.05, 3.63) is 41.7 Å². The Morgan fingerprint density at radius 1 is 1.33 bits per heavy atom. The van der Waals surface area contributed by atoms with E-state index >= 15 is 0 Å². The predicted octanol–water partition coefficient (Wildman–Crippen LogP) is 0.205. The minimum atomic E-state index is -1.55. The fourth-order valence-electron chi connectivity index (χ4n) is 1.29. The standard InChI is InChI=1S/C9H8BClN2O2/c11-9-6-7(13-5-1-4-12-13)2-3-8(9)10(14)15/h1-6,14-15H. The van der Waals surface area contributed by atoms with E-state index in [9.17, 15) is 0 Å². The first-order valence-corrected chi connectivity index (χ1v) is 4.72. The van der Waals surface area contributed by atoms with Gasteiger partial charge in [0.1, 0.15) is 0 Å². The Balaban J connectivity index is 2.42. The molecule has 0 saturated carbocycles. The highest BCUT2D eigenvalue weighted by Gasteiger charge is 2.15. The lowest BCUT2D eigenvalue weighted by molar-refractivity contribution is 0.426. The van der Waals surface area contributed by atoms with Gasteiger partial charge in [-0.2, -0.15) is 5.10 Å². The molecule has 0 aliphatic rings. The molecule has 0 fully saturated rings. The van der Waals surface area contributed by atoms with Crippen LogP contribution in [0, 0.1) is 0 Å². The lowest BCUT2D eigenvalue weighted by Crippen LogP contribution is -2.30. The number of rotatable bonds is 2. The highest BCUT2D eigenvalue weighted by molar-refractivity contribution is 6.62. The van der Waals surface area contributed by atoms with Crippen LogP contribution in [0.5, 0.6) is 0 Å². The molecule has 0 spiro atoms. The van der Waals surface area contributed by atoms with Crippen molar-refractivity contribution in [1.29, 1.82) is 0 Å². The van der Waals surface area contributed by atoms with Crippen molar-refractivity contribution in [1.82, 2.24) is 9.78 Å². The Morgan fingerprint density at radius 3 is 2.67 bits per heavy atom. The summed E-state index contributed by atoms with van der Waals surface area (Å²) in [6.07, 6.45) is 3.43. The molecule has 0 unspecified atom stereocenters. The van der Waals surface area contributed by atoms with Gasteiger partial charge in [-0.15, -0.1) is 0 Å². The number of hydrogen-bond donors (Lipinski definition) is 2. The van der Waals surface area contributed by atoms with E-state index in [1.54, 1.807) is 41.3 Å². The number of benzene rings is 1. The van der Waals surface area contributed by atoms with Crippen molar-refractivity contribution >= 4 is 24.2 Å². The zero-order valence-corrected chi connectivity index (χ0v) is 8.46. The fraction of sp³-hybridized carbons (Fsp3) is 0. The van der Waals surface area contributed by atoms with E-state index in [1.807, 2.05) is 0 Å². The zero-order chi connectivity index (χ0) is 10.8. The van der Waals surface area contributed by atoms with E-state index in [2.05, 4.69) is 5.10 Å². The summed E-state index contributed by atoms with van der Waals surface area (Å²) in [4.78, 5) is 0. The molecular weight excluding hydrogens is 214 g/mol. The molecule has 6 heteroatoms. The van der Waals surface area contributed by atoms with Crippen LogP contribution in [0.3, 0.4) is 0 Å². The maximum absolute atomic E-state index is 8.97. The third-order valence-electron chi connectivity index (χ3n) is 2.03. The predicted molar refractivity (Wildman–Crippen MR) is 58.4 cm³/mol. The minimum Gasteiger partial charge on any atom is -0.423 e. The van der Waals surface area contributed by atoms with Gasteiger partial charge in [0.2, 0.25) is 0 Å². The third kappa shape index (κ3) is 2.04. The van der Waals surface area contributed by atoms with Crippen LogP contribution in [0.1, 0.15) is 0 Å². The maximum Gasteiger partial charge on any atom is 0.489 e. The fourth-order valence-corrected chi connectivity index (χ4v) is 1.56. The summed E-state index contributed by atoms with van der Waals surface area (Å²) in [6, 6.07) is 6.70. The first-order valence-electron chi connectivity index (χ1n) is 4.34. The van der Waals surface area contributed by atoms with Gasteiger partial charge in [0.05, 0.1) is 5.69 Å². The second-order valence-electron chi connectivity index (χ2n) is 3.03. The van der Waals surface area contributed by atoms with E-state index in [4.69, 9.17) is 21.6 Å². The summed E-state index contributed by atoms with van der Waals surface area (Å²) in [7, 11) is -1.55. The van der Waals surface area contributed by atoms with Gasteiger partial charge in [0.15, 0.2) is 0 Å². The van der Waals surface area contributed by atoms with Crippen molar-refractivity contribution < 1.29 is 10.0 Å². The summed E-state index contributed by atoms with van der Waals surface area (Å²) < 4.78 is 1.64. The molecule has 1 aromatic heterocycles. The van der Waals surface area contributed by atoms with Crippen LogP contribution >= 0.6 is 11.6 Å². The lowest BCUT2D eigenvalue weighted by Gasteiger charge is -2.06. The molecule has 15 heavy (non-hydrogen) atoms. The van der Waals surface area contributed by atoms with Gasteiger partial charge in [-0.05, 0) is 18.2 Å². The molecule has 0 aliphatic carbocycles. The smallest absolute Gasteiger partial charge is 0.423 e. The Kier molecular flexibility index (Phi) is 2.77. The van der Waals surface area contributed by atoms with E-state index in [-0.39, 0.29) is 5.46 Å². The highest BCUT2D eigenvalue weighted by Crippen LogP contribution is 2.12. The van der Waals surface area contributed by atoms with E-state index in [1.165, 1.54) is 0 Å². The molecule has 0 bridgehead atoms. The second-order valence-corrected chi connectivity index (χ2v) is 3.44. The first-order chi connectivity index (χ1) is 7.18. The van der Waals surface area contributed by atoms with Gasteiger partial charge in [-0.25, -0.2) is 4.68 Å². The third-order valence-corrected chi connectivity index (χ3v) is 2.36. The molecule has 2 N–H and O–H groups in total. The largest absolute Gasteiger partial charge is 0.489 e. The molecular formula is C9H8BClN2O2. The van der Waals surface area contributed by atoms with Gasteiger partial charge >= 0.3 is 7.12 Å². The number of hydrogen-bond acceptors (Lipinski definition) is 3. The summed E-state index contributed by atoms with van der Waals surface area (Å²) in [5, 5.41) is 22.3. The van der Waals surface area contributed by atoms with Crippen molar-refractivity contribution in [2.75, 3.05) is 0 Å². The molecule has 0 amide bonds. The maximum atomic E-state index is 8.97. The monoisotopic (exact) mass is 222 g/mol. The molecule has 4 nitrogen and oxygen atoms in total. The van der Waals surface area contributed by atoms with Crippen molar-refractivity contribution in [3.63, 3.8) is 0 Å². The minimum absolute atomic E-state index is 0.285. The van der Waals surface area contributed by atoms with Crippen LogP contribution in [-0.2, 0) is 0 Å². The molecule has 1 heterocycles. The van der Waals surface area contributed by atoms with Crippen LogP contribution in [0.25, 0.3) is 5.69 Å². The highest BCUT2D eigenvalue weighted by atomic mass is 35.5. The van der Waals surface area contributed by atoms with Gasteiger partial charge in [-0.1, -0.05) is 17.7 Å². The molecule has 1 aromatic carbocycles. The summed E-state index contributed by atoms with van der Waals surface area (Å²) >= 11 is 5.88. The average molecular weight is 222 g/mol. The van der Waals surface area contributed by atoms with Crippen LogP contribution in [-0.4, -0.2) is 26.9 Å². The molecule has 2 rings (SSSR count). The molecule has 0 radical (unpaired) electrons. The lowest BCUT2D eigenvalue weighted by atomic mass is 9.80. The average Bonchev–Trinajstić information content (AvgIpc) is 2.69. The Labute approximate surface area is 91.9 Å². The van der Waals surface area contributed by atoms with Crippen LogP contribution in [0.4, 0.5) is 0 Å². The van der Waals surface area contributed by atoms with Crippen molar-refractivity contribution in [2.45, 2.75) is 0 Å². The normalized spacial score (nSPS) is 10.3. The van der Waals surface area contributed by atoms with E-state index < -0.39 is 7.12 Å². The molecule has 0 saturated heterocycles. The Bertz CT molecular complexity index is 459. The van der Waals surface area contributed by atoms with E-state index in [0.29, 0.717) is 5.02 Å². The second kappa shape index (κ2) is 4.06.